The predicted molar refractivity (Wildman–Crippen MR) is 86.9 cm³/mol. The molecule has 5 nitrogen and oxygen atoms in total. The number of phenolic OH excluding ortho intramolecular Hbond substituents is 1. The number of rotatable bonds is 6. The van der Waals surface area contributed by atoms with Crippen molar-refractivity contribution in [3.63, 3.8) is 0 Å². The maximum absolute atomic E-state index is 11.9. The summed E-state index contributed by atoms with van der Waals surface area (Å²) in [6.07, 6.45) is 3.07. The molecule has 118 valence electrons. The number of aromatic hydroxyl groups is 1. The van der Waals surface area contributed by atoms with Crippen molar-refractivity contribution in [1.29, 1.82) is 0 Å². The van der Waals surface area contributed by atoms with Gasteiger partial charge in [0, 0.05) is 12.5 Å². The third-order valence-electron chi connectivity index (χ3n) is 3.22. The smallest absolute Gasteiger partial charge is 0.326 e. The zero-order valence-corrected chi connectivity index (χ0v) is 12.3. The summed E-state index contributed by atoms with van der Waals surface area (Å²) in [6.45, 7) is 0. The molecular weight excluding hydrogens is 294 g/mol. The summed E-state index contributed by atoms with van der Waals surface area (Å²) in [6, 6.07) is 14.4. The van der Waals surface area contributed by atoms with Gasteiger partial charge in [0.1, 0.15) is 11.8 Å². The largest absolute Gasteiger partial charge is 0.508 e. The lowest BCUT2D eigenvalue weighted by molar-refractivity contribution is -0.141. The number of phenols is 1. The standard InChI is InChI=1S/C18H17NO4/c20-15-9-6-14(7-10-15)12-16(18(22)23)19-17(21)11-8-13-4-2-1-3-5-13/h1-11,16,20H,12H2,(H,19,21)(H,22,23)/b11-8+/t16-/m0/s1. The molecule has 2 aromatic carbocycles. The van der Waals surface area contributed by atoms with E-state index in [-0.39, 0.29) is 12.2 Å². The first-order chi connectivity index (χ1) is 11.0. The summed E-state index contributed by atoms with van der Waals surface area (Å²) in [5.74, 6) is -1.48. The van der Waals surface area contributed by atoms with Gasteiger partial charge < -0.3 is 15.5 Å². The summed E-state index contributed by atoms with van der Waals surface area (Å²) >= 11 is 0. The molecule has 2 rings (SSSR count). The lowest BCUT2D eigenvalue weighted by atomic mass is 10.1. The Labute approximate surface area is 133 Å². The van der Waals surface area contributed by atoms with Crippen molar-refractivity contribution in [2.24, 2.45) is 0 Å². The van der Waals surface area contributed by atoms with Crippen molar-refractivity contribution in [3.05, 3.63) is 71.8 Å². The van der Waals surface area contributed by atoms with Crippen molar-refractivity contribution in [3.8, 4) is 5.75 Å². The first-order valence-electron chi connectivity index (χ1n) is 7.09. The molecule has 0 bridgehead atoms. The fourth-order valence-electron chi connectivity index (χ4n) is 2.02. The summed E-state index contributed by atoms with van der Waals surface area (Å²) in [4.78, 5) is 23.2. The lowest BCUT2D eigenvalue weighted by Gasteiger charge is -2.13. The van der Waals surface area contributed by atoms with E-state index in [0.29, 0.717) is 5.56 Å². The van der Waals surface area contributed by atoms with E-state index < -0.39 is 17.9 Å². The number of hydrogen-bond donors (Lipinski definition) is 3. The normalized spacial score (nSPS) is 12.0. The van der Waals surface area contributed by atoms with Gasteiger partial charge in [-0.15, -0.1) is 0 Å². The second-order valence-corrected chi connectivity index (χ2v) is 5.01. The van der Waals surface area contributed by atoms with E-state index in [4.69, 9.17) is 0 Å². The van der Waals surface area contributed by atoms with Crippen molar-refractivity contribution >= 4 is 18.0 Å². The summed E-state index contributed by atoms with van der Waals surface area (Å²) in [5, 5.41) is 20.9. The van der Waals surface area contributed by atoms with Gasteiger partial charge >= 0.3 is 5.97 Å². The van der Waals surface area contributed by atoms with Gasteiger partial charge in [-0.1, -0.05) is 42.5 Å². The Hall–Kier alpha value is -3.08. The molecule has 0 radical (unpaired) electrons. The fraction of sp³-hybridized carbons (Fsp3) is 0.111. The van der Waals surface area contributed by atoms with Gasteiger partial charge in [0.15, 0.2) is 0 Å². The van der Waals surface area contributed by atoms with Crippen molar-refractivity contribution < 1.29 is 19.8 Å². The maximum Gasteiger partial charge on any atom is 0.326 e. The maximum atomic E-state index is 11.9. The molecule has 1 atom stereocenters. The van der Waals surface area contributed by atoms with Gasteiger partial charge in [-0.3, -0.25) is 4.79 Å². The zero-order valence-electron chi connectivity index (χ0n) is 12.3. The number of carboxylic acid groups (broad SMARTS) is 1. The van der Waals surface area contributed by atoms with E-state index in [0.717, 1.165) is 5.56 Å². The summed E-state index contributed by atoms with van der Waals surface area (Å²) in [5.41, 5.74) is 1.57. The molecule has 0 heterocycles. The highest BCUT2D eigenvalue weighted by Gasteiger charge is 2.19. The molecule has 2 aromatic rings. The van der Waals surface area contributed by atoms with Gasteiger partial charge in [-0.2, -0.15) is 0 Å². The molecule has 23 heavy (non-hydrogen) atoms. The van der Waals surface area contributed by atoms with E-state index in [2.05, 4.69) is 5.32 Å². The average molecular weight is 311 g/mol. The molecule has 1 amide bonds. The number of benzene rings is 2. The van der Waals surface area contributed by atoms with Gasteiger partial charge in [-0.05, 0) is 29.3 Å². The van der Waals surface area contributed by atoms with Crippen LogP contribution in [0.25, 0.3) is 6.08 Å². The molecule has 0 saturated heterocycles. The number of nitrogens with one attached hydrogen (secondary N) is 1. The lowest BCUT2D eigenvalue weighted by Crippen LogP contribution is -2.41. The van der Waals surface area contributed by atoms with Crippen LogP contribution in [0.4, 0.5) is 0 Å². The number of hydrogen-bond acceptors (Lipinski definition) is 3. The van der Waals surface area contributed by atoms with E-state index in [9.17, 15) is 19.8 Å². The highest BCUT2D eigenvalue weighted by molar-refractivity contribution is 5.94. The van der Waals surface area contributed by atoms with Crippen LogP contribution < -0.4 is 5.32 Å². The minimum Gasteiger partial charge on any atom is -0.508 e. The minimum absolute atomic E-state index is 0.107. The number of carboxylic acids is 1. The Kier molecular flexibility index (Phi) is 5.52. The number of carbonyl (C=O) groups is 2. The fourth-order valence-corrected chi connectivity index (χ4v) is 2.02. The minimum atomic E-state index is -1.11. The molecular formula is C18H17NO4. The molecule has 0 saturated carbocycles. The van der Waals surface area contributed by atoms with Crippen LogP contribution in [0, 0.1) is 0 Å². The molecule has 0 aliphatic carbocycles. The van der Waals surface area contributed by atoms with Crippen LogP contribution in [0.3, 0.4) is 0 Å². The Morgan fingerprint density at radius 1 is 1.04 bits per heavy atom. The van der Waals surface area contributed by atoms with E-state index in [1.54, 1.807) is 18.2 Å². The van der Waals surface area contributed by atoms with Crippen LogP contribution in [0.2, 0.25) is 0 Å². The summed E-state index contributed by atoms with van der Waals surface area (Å²) < 4.78 is 0. The SMILES string of the molecule is O=C(/C=C/c1ccccc1)N[C@@H](Cc1ccc(O)cc1)C(=O)O. The average Bonchev–Trinajstić information content (AvgIpc) is 2.55. The van der Waals surface area contributed by atoms with Gasteiger partial charge in [-0.25, -0.2) is 4.79 Å². The highest BCUT2D eigenvalue weighted by Crippen LogP contribution is 2.11. The van der Waals surface area contributed by atoms with Crippen molar-refractivity contribution in [2.45, 2.75) is 12.5 Å². The second kappa shape index (κ2) is 7.79. The number of carbonyl (C=O) groups excluding carboxylic acids is 1. The van der Waals surface area contributed by atoms with Crippen LogP contribution in [-0.2, 0) is 16.0 Å². The Morgan fingerprint density at radius 2 is 1.70 bits per heavy atom. The van der Waals surface area contributed by atoms with Gasteiger partial charge in [0.05, 0.1) is 0 Å². The van der Waals surface area contributed by atoms with Crippen LogP contribution in [0.1, 0.15) is 11.1 Å². The first-order valence-corrected chi connectivity index (χ1v) is 7.09. The molecule has 0 aliphatic rings. The topological polar surface area (TPSA) is 86.6 Å². The second-order valence-electron chi connectivity index (χ2n) is 5.01. The highest BCUT2D eigenvalue weighted by atomic mass is 16.4. The molecule has 0 spiro atoms. The van der Waals surface area contributed by atoms with E-state index in [1.165, 1.54) is 18.2 Å². The van der Waals surface area contributed by atoms with E-state index in [1.807, 2.05) is 30.3 Å². The molecule has 0 fully saturated rings. The van der Waals surface area contributed by atoms with Gasteiger partial charge in [0.25, 0.3) is 0 Å². The van der Waals surface area contributed by atoms with Gasteiger partial charge in [0.2, 0.25) is 5.91 Å². The predicted octanol–water partition coefficient (Wildman–Crippen LogP) is 2.22. The first kappa shape index (κ1) is 16.3. The Morgan fingerprint density at radius 3 is 2.30 bits per heavy atom. The zero-order chi connectivity index (χ0) is 16.7. The van der Waals surface area contributed by atoms with Crippen LogP contribution in [0.15, 0.2) is 60.7 Å². The molecule has 0 aliphatic heterocycles. The van der Waals surface area contributed by atoms with Crippen LogP contribution in [0.5, 0.6) is 5.75 Å². The molecule has 0 aromatic heterocycles. The molecule has 5 heteroatoms. The monoisotopic (exact) mass is 311 g/mol. The van der Waals surface area contributed by atoms with Crippen LogP contribution >= 0.6 is 0 Å². The molecule has 3 N–H and O–H groups in total. The van der Waals surface area contributed by atoms with Crippen molar-refractivity contribution in [2.75, 3.05) is 0 Å². The Balaban J connectivity index is 1.98. The van der Waals surface area contributed by atoms with E-state index >= 15 is 0 Å². The quantitative estimate of drug-likeness (QED) is 0.714. The van der Waals surface area contributed by atoms with Crippen molar-refractivity contribution in [1.82, 2.24) is 5.32 Å². The van der Waals surface area contributed by atoms with Crippen LogP contribution in [-0.4, -0.2) is 28.1 Å². The third kappa shape index (κ3) is 5.32. The molecule has 0 unspecified atom stereocenters. The Bertz CT molecular complexity index is 693. The number of amides is 1. The number of aliphatic carboxylic acids is 1. The summed E-state index contributed by atoms with van der Waals surface area (Å²) in [7, 11) is 0. The third-order valence-corrected chi connectivity index (χ3v) is 3.22.